The van der Waals surface area contributed by atoms with Gasteiger partial charge in [-0.15, -0.1) is 0 Å². The van der Waals surface area contributed by atoms with Gasteiger partial charge in [-0.2, -0.15) is 0 Å². The number of hydrogen-bond donors (Lipinski definition) is 1. The molecule has 0 aliphatic heterocycles. The normalized spacial score (nSPS) is 12.8. The van der Waals surface area contributed by atoms with Gasteiger partial charge in [0.15, 0.2) is 0 Å². The molecule has 0 heterocycles. The molecule has 1 atom stereocenters. The minimum absolute atomic E-state index is 0.243. The number of ether oxygens (including phenoxy) is 1. The highest BCUT2D eigenvalue weighted by atomic mass is 16.5. The van der Waals surface area contributed by atoms with Gasteiger partial charge in [0.25, 0.3) is 0 Å². The summed E-state index contributed by atoms with van der Waals surface area (Å²) in [6.07, 6.45) is 19.4. The van der Waals surface area contributed by atoms with Crippen LogP contribution in [-0.4, -0.2) is 19.8 Å². The van der Waals surface area contributed by atoms with E-state index in [1.165, 1.54) is 83.5 Å². The summed E-state index contributed by atoms with van der Waals surface area (Å²) < 4.78 is 5.04. The molecular weight excluding hydrogens is 246 g/mol. The predicted octanol–water partition coefficient (Wildman–Crippen LogP) is 5.44. The van der Waals surface area contributed by atoms with E-state index in [0.29, 0.717) is 6.61 Å². The van der Waals surface area contributed by atoms with Crippen molar-refractivity contribution in [1.29, 1.82) is 0 Å². The second-order valence-corrected chi connectivity index (χ2v) is 6.25. The zero-order chi connectivity index (χ0) is 14.9. The van der Waals surface area contributed by atoms with Crippen LogP contribution in [0, 0.1) is 0 Å². The molecule has 0 rings (SSSR count). The molecule has 0 saturated heterocycles. The molecule has 0 fully saturated rings. The van der Waals surface area contributed by atoms with Gasteiger partial charge in [-0.05, 0) is 6.42 Å². The van der Waals surface area contributed by atoms with Crippen molar-refractivity contribution in [3.63, 3.8) is 0 Å². The molecule has 0 aromatic rings. The summed E-state index contributed by atoms with van der Waals surface area (Å²) in [7, 11) is 1.73. The van der Waals surface area contributed by atoms with Crippen LogP contribution in [-0.2, 0) is 4.74 Å². The Morgan fingerprint density at radius 2 is 1.10 bits per heavy atom. The average molecular weight is 286 g/mol. The van der Waals surface area contributed by atoms with Gasteiger partial charge in [0, 0.05) is 13.2 Å². The summed E-state index contributed by atoms with van der Waals surface area (Å²) in [5.74, 6) is 0. The second-order valence-electron chi connectivity index (χ2n) is 6.25. The maximum atomic E-state index is 5.90. The van der Waals surface area contributed by atoms with E-state index in [9.17, 15) is 0 Å². The molecule has 0 aliphatic rings. The zero-order valence-corrected chi connectivity index (χ0v) is 14.2. The zero-order valence-electron chi connectivity index (χ0n) is 14.2. The highest BCUT2D eigenvalue weighted by molar-refractivity contribution is 4.59. The van der Waals surface area contributed by atoms with E-state index in [0.717, 1.165) is 6.42 Å². The standard InChI is InChI=1S/C18H39NO/c1-3-4-5-6-7-8-9-10-11-12-13-14-15-16-18(19)17-20-2/h18H,3-17,19H2,1-2H3/t18-/m1/s1. The Morgan fingerprint density at radius 3 is 1.50 bits per heavy atom. The average Bonchev–Trinajstić information content (AvgIpc) is 2.44. The first-order valence-electron chi connectivity index (χ1n) is 9.05. The van der Waals surface area contributed by atoms with Crippen LogP contribution in [0.25, 0.3) is 0 Å². The summed E-state index contributed by atoms with van der Waals surface area (Å²) in [5.41, 5.74) is 5.90. The molecule has 0 radical (unpaired) electrons. The Hall–Kier alpha value is -0.0800. The first-order chi connectivity index (χ1) is 9.81. The lowest BCUT2D eigenvalue weighted by Crippen LogP contribution is -2.25. The summed E-state index contributed by atoms with van der Waals surface area (Å²) in [6, 6.07) is 0.243. The van der Waals surface area contributed by atoms with Gasteiger partial charge in [-0.25, -0.2) is 0 Å². The van der Waals surface area contributed by atoms with E-state index >= 15 is 0 Å². The maximum Gasteiger partial charge on any atom is 0.0613 e. The van der Waals surface area contributed by atoms with Gasteiger partial charge in [0.2, 0.25) is 0 Å². The third kappa shape index (κ3) is 16.0. The lowest BCUT2D eigenvalue weighted by molar-refractivity contribution is 0.176. The largest absolute Gasteiger partial charge is 0.383 e. The van der Waals surface area contributed by atoms with Gasteiger partial charge in [0.05, 0.1) is 6.61 Å². The minimum Gasteiger partial charge on any atom is -0.383 e. The van der Waals surface area contributed by atoms with E-state index in [-0.39, 0.29) is 6.04 Å². The summed E-state index contributed by atoms with van der Waals surface area (Å²) in [4.78, 5) is 0. The minimum atomic E-state index is 0.243. The number of hydrogen-bond acceptors (Lipinski definition) is 2. The third-order valence-electron chi connectivity index (χ3n) is 4.06. The Morgan fingerprint density at radius 1 is 0.700 bits per heavy atom. The molecule has 0 saturated carbocycles. The molecule has 0 aliphatic carbocycles. The SMILES string of the molecule is CCCCCCCCCCCCCCC[C@@H](N)COC. The van der Waals surface area contributed by atoms with Crippen LogP contribution < -0.4 is 5.73 Å². The first kappa shape index (κ1) is 19.9. The van der Waals surface area contributed by atoms with Crippen LogP contribution in [0.15, 0.2) is 0 Å². The fourth-order valence-corrected chi connectivity index (χ4v) is 2.72. The monoisotopic (exact) mass is 285 g/mol. The van der Waals surface area contributed by atoms with Crippen molar-refractivity contribution in [2.75, 3.05) is 13.7 Å². The number of rotatable bonds is 16. The lowest BCUT2D eigenvalue weighted by Gasteiger charge is -2.09. The maximum absolute atomic E-state index is 5.90. The number of unbranched alkanes of at least 4 members (excludes halogenated alkanes) is 12. The highest BCUT2D eigenvalue weighted by Gasteiger charge is 2.00. The number of nitrogens with two attached hydrogens (primary N) is 1. The van der Waals surface area contributed by atoms with Crippen molar-refractivity contribution in [3.05, 3.63) is 0 Å². The van der Waals surface area contributed by atoms with E-state index in [2.05, 4.69) is 6.92 Å². The van der Waals surface area contributed by atoms with Gasteiger partial charge in [-0.1, -0.05) is 90.4 Å². The molecule has 0 spiro atoms. The van der Waals surface area contributed by atoms with Gasteiger partial charge < -0.3 is 10.5 Å². The molecular formula is C18H39NO. The Bertz CT molecular complexity index is 173. The smallest absolute Gasteiger partial charge is 0.0613 e. The molecule has 0 aromatic carbocycles. The van der Waals surface area contributed by atoms with Crippen molar-refractivity contribution in [1.82, 2.24) is 0 Å². The molecule has 2 nitrogen and oxygen atoms in total. The molecule has 122 valence electrons. The quantitative estimate of drug-likeness (QED) is 0.383. The van der Waals surface area contributed by atoms with Crippen LogP contribution in [0.3, 0.4) is 0 Å². The molecule has 0 unspecified atom stereocenters. The van der Waals surface area contributed by atoms with Gasteiger partial charge >= 0.3 is 0 Å². The Kier molecular flexibility index (Phi) is 16.9. The van der Waals surface area contributed by atoms with Crippen LogP contribution in [0.1, 0.15) is 96.8 Å². The molecule has 0 bridgehead atoms. The van der Waals surface area contributed by atoms with Crippen molar-refractivity contribution in [2.45, 2.75) is 103 Å². The molecule has 2 N–H and O–H groups in total. The number of methoxy groups -OCH3 is 1. The van der Waals surface area contributed by atoms with E-state index in [1.54, 1.807) is 7.11 Å². The fourth-order valence-electron chi connectivity index (χ4n) is 2.72. The molecule has 0 aromatic heterocycles. The van der Waals surface area contributed by atoms with Crippen molar-refractivity contribution in [3.8, 4) is 0 Å². The van der Waals surface area contributed by atoms with Crippen LogP contribution in [0.2, 0.25) is 0 Å². The van der Waals surface area contributed by atoms with E-state index in [4.69, 9.17) is 10.5 Å². The van der Waals surface area contributed by atoms with Crippen LogP contribution >= 0.6 is 0 Å². The third-order valence-corrected chi connectivity index (χ3v) is 4.06. The Balaban J connectivity index is 2.99. The van der Waals surface area contributed by atoms with E-state index in [1.807, 2.05) is 0 Å². The first-order valence-corrected chi connectivity index (χ1v) is 9.05. The van der Waals surface area contributed by atoms with Crippen molar-refractivity contribution in [2.24, 2.45) is 5.73 Å². The lowest BCUT2D eigenvalue weighted by atomic mass is 10.0. The Labute approximate surface area is 127 Å². The van der Waals surface area contributed by atoms with Crippen LogP contribution in [0.4, 0.5) is 0 Å². The highest BCUT2D eigenvalue weighted by Crippen LogP contribution is 2.13. The van der Waals surface area contributed by atoms with Crippen LogP contribution in [0.5, 0.6) is 0 Å². The van der Waals surface area contributed by atoms with Crippen molar-refractivity contribution >= 4 is 0 Å². The fraction of sp³-hybridized carbons (Fsp3) is 1.00. The predicted molar refractivity (Wildman–Crippen MR) is 90.2 cm³/mol. The van der Waals surface area contributed by atoms with Crippen molar-refractivity contribution < 1.29 is 4.74 Å². The van der Waals surface area contributed by atoms with Gasteiger partial charge in [0.1, 0.15) is 0 Å². The summed E-state index contributed by atoms with van der Waals surface area (Å²) >= 11 is 0. The molecule has 20 heavy (non-hydrogen) atoms. The van der Waals surface area contributed by atoms with E-state index < -0.39 is 0 Å². The second kappa shape index (κ2) is 17.0. The molecule has 0 amide bonds. The van der Waals surface area contributed by atoms with Gasteiger partial charge in [-0.3, -0.25) is 0 Å². The molecule has 2 heteroatoms. The topological polar surface area (TPSA) is 35.2 Å². The summed E-state index contributed by atoms with van der Waals surface area (Å²) in [6.45, 7) is 2.99. The summed E-state index contributed by atoms with van der Waals surface area (Å²) in [5, 5.41) is 0.